The Hall–Kier alpha value is -2.65. The van der Waals surface area contributed by atoms with Gasteiger partial charge in [-0.05, 0) is 12.1 Å². The van der Waals surface area contributed by atoms with Crippen molar-refractivity contribution in [3.63, 3.8) is 0 Å². The Morgan fingerprint density at radius 3 is 3.11 bits per heavy atom. The summed E-state index contributed by atoms with van der Waals surface area (Å²) in [5.74, 6) is 5.63. The maximum absolute atomic E-state index is 11.7. The summed E-state index contributed by atoms with van der Waals surface area (Å²) >= 11 is 0. The largest absolute Gasteiger partial charge is 0.395 e. The normalized spacial score (nSPS) is 9.53. The average molecular weight is 257 g/mol. The van der Waals surface area contributed by atoms with Crippen LogP contribution in [0.5, 0.6) is 0 Å². The fraction of sp³-hybridized carbons (Fsp3) is 0.154. The van der Waals surface area contributed by atoms with Crippen LogP contribution >= 0.6 is 0 Å². The van der Waals surface area contributed by atoms with Gasteiger partial charge in [0.1, 0.15) is 12.1 Å². The van der Waals surface area contributed by atoms with Crippen LogP contribution in [0.2, 0.25) is 0 Å². The van der Waals surface area contributed by atoms with E-state index < -0.39 is 5.91 Å². The Labute approximate surface area is 109 Å². The highest BCUT2D eigenvalue weighted by Crippen LogP contribution is 2.07. The Morgan fingerprint density at radius 2 is 2.37 bits per heavy atom. The molecule has 0 unspecified atom stereocenters. The summed E-state index contributed by atoms with van der Waals surface area (Å²) in [5, 5.41) is 14.7. The molecule has 19 heavy (non-hydrogen) atoms. The predicted octanol–water partition coefficient (Wildman–Crippen LogP) is 1.06. The molecule has 0 radical (unpaired) electrons. The van der Waals surface area contributed by atoms with E-state index in [1.807, 2.05) is 0 Å². The van der Waals surface area contributed by atoms with E-state index in [2.05, 4.69) is 31.8 Å². The highest BCUT2D eigenvalue weighted by atomic mass is 16.5. The molecule has 0 atom stereocenters. The predicted molar refractivity (Wildman–Crippen MR) is 67.3 cm³/mol. The molecule has 0 bridgehead atoms. The van der Waals surface area contributed by atoms with Crippen LogP contribution < -0.4 is 5.32 Å². The quantitative estimate of drug-likeness (QED) is 0.802. The maximum atomic E-state index is 11.7. The van der Waals surface area contributed by atoms with Gasteiger partial charge in [0.25, 0.3) is 5.91 Å². The van der Waals surface area contributed by atoms with E-state index in [1.165, 1.54) is 12.3 Å². The molecule has 0 aliphatic heterocycles. The first-order chi connectivity index (χ1) is 9.29. The molecule has 6 nitrogen and oxygen atoms in total. The Morgan fingerprint density at radius 1 is 1.47 bits per heavy atom. The van der Waals surface area contributed by atoms with Crippen molar-refractivity contribution < 1.29 is 14.4 Å². The van der Waals surface area contributed by atoms with Gasteiger partial charge in [-0.3, -0.25) is 4.79 Å². The summed E-state index contributed by atoms with van der Waals surface area (Å²) < 4.78 is 4.59. The number of nitrogens with zero attached hydrogens (tertiary/aromatic N) is 2. The van der Waals surface area contributed by atoms with Gasteiger partial charge in [0.2, 0.25) is 0 Å². The second-order valence-corrected chi connectivity index (χ2v) is 3.54. The fourth-order valence-electron chi connectivity index (χ4n) is 1.31. The van der Waals surface area contributed by atoms with E-state index in [4.69, 9.17) is 5.11 Å². The molecule has 0 fully saturated rings. The van der Waals surface area contributed by atoms with Crippen molar-refractivity contribution in [2.45, 2.75) is 6.42 Å². The third-order valence-electron chi connectivity index (χ3n) is 2.14. The number of aliphatic hydroxyl groups is 1. The van der Waals surface area contributed by atoms with Crippen LogP contribution in [0.1, 0.15) is 22.5 Å². The number of aliphatic hydroxyl groups excluding tert-OH is 1. The number of nitrogens with one attached hydrogen (secondary N) is 1. The molecule has 0 saturated carbocycles. The lowest BCUT2D eigenvalue weighted by atomic mass is 10.2. The lowest BCUT2D eigenvalue weighted by Gasteiger charge is -2.01. The third kappa shape index (κ3) is 3.66. The molecular formula is C13H11N3O3. The van der Waals surface area contributed by atoms with E-state index in [1.54, 1.807) is 18.3 Å². The number of aromatic nitrogens is 2. The van der Waals surface area contributed by atoms with Gasteiger partial charge in [-0.2, -0.15) is 0 Å². The lowest BCUT2D eigenvalue weighted by molar-refractivity contribution is 0.101. The van der Waals surface area contributed by atoms with Crippen LogP contribution in [0.25, 0.3) is 0 Å². The number of carbonyl (C=O) groups excluding carboxylic acids is 1. The molecule has 1 amide bonds. The lowest BCUT2D eigenvalue weighted by Crippen LogP contribution is -2.13. The zero-order valence-corrected chi connectivity index (χ0v) is 9.96. The Kier molecular flexibility index (Phi) is 4.26. The minimum absolute atomic E-state index is 0.0217. The van der Waals surface area contributed by atoms with Crippen molar-refractivity contribution in [1.29, 1.82) is 0 Å². The maximum Gasteiger partial charge on any atom is 0.278 e. The Balaban J connectivity index is 2.07. The molecule has 2 aromatic heterocycles. The second kappa shape index (κ2) is 6.33. The van der Waals surface area contributed by atoms with Crippen molar-refractivity contribution >= 4 is 11.7 Å². The first-order valence-corrected chi connectivity index (χ1v) is 5.57. The number of carbonyl (C=O) groups is 1. The van der Waals surface area contributed by atoms with Gasteiger partial charge >= 0.3 is 0 Å². The van der Waals surface area contributed by atoms with Crippen LogP contribution in [-0.4, -0.2) is 27.8 Å². The molecule has 0 saturated heterocycles. The standard InChI is InChI=1S/C13H11N3O3/c17-7-2-1-3-10-4-6-14-12(9-10)15-13(18)11-5-8-19-16-11/h4-6,8-9,17H,2,7H2,(H,14,15,18). The Bertz CT molecular complexity index is 612. The van der Waals surface area contributed by atoms with Crippen molar-refractivity contribution in [2.24, 2.45) is 0 Å². The van der Waals surface area contributed by atoms with E-state index in [-0.39, 0.29) is 12.3 Å². The van der Waals surface area contributed by atoms with E-state index in [9.17, 15) is 4.79 Å². The molecule has 2 rings (SSSR count). The van der Waals surface area contributed by atoms with Crippen LogP contribution in [0.3, 0.4) is 0 Å². The number of hydrogen-bond donors (Lipinski definition) is 2. The van der Waals surface area contributed by atoms with Crippen molar-refractivity contribution in [1.82, 2.24) is 10.1 Å². The minimum atomic E-state index is -0.401. The van der Waals surface area contributed by atoms with E-state index in [0.717, 1.165) is 0 Å². The molecule has 2 aromatic rings. The number of pyridine rings is 1. The van der Waals surface area contributed by atoms with Gasteiger partial charge in [0.15, 0.2) is 5.69 Å². The SMILES string of the molecule is O=C(Nc1cc(C#CCCO)ccn1)c1ccon1. The summed E-state index contributed by atoms with van der Waals surface area (Å²) in [4.78, 5) is 15.7. The zero-order chi connectivity index (χ0) is 13.5. The minimum Gasteiger partial charge on any atom is -0.395 e. The highest BCUT2D eigenvalue weighted by Gasteiger charge is 2.09. The smallest absolute Gasteiger partial charge is 0.278 e. The van der Waals surface area contributed by atoms with Crippen LogP contribution in [-0.2, 0) is 0 Å². The van der Waals surface area contributed by atoms with Crippen molar-refractivity contribution in [3.8, 4) is 11.8 Å². The molecule has 0 aliphatic rings. The number of amides is 1. The van der Waals surface area contributed by atoms with Gasteiger partial charge in [-0.15, -0.1) is 0 Å². The molecule has 96 valence electrons. The molecule has 0 aliphatic carbocycles. The van der Waals surface area contributed by atoms with Gasteiger partial charge in [-0.1, -0.05) is 17.0 Å². The highest BCUT2D eigenvalue weighted by molar-refractivity contribution is 6.02. The fourth-order valence-corrected chi connectivity index (χ4v) is 1.31. The van der Waals surface area contributed by atoms with Crippen molar-refractivity contribution in [2.75, 3.05) is 11.9 Å². The van der Waals surface area contributed by atoms with Crippen LogP contribution in [0, 0.1) is 11.8 Å². The van der Waals surface area contributed by atoms with Gasteiger partial charge in [-0.25, -0.2) is 4.98 Å². The summed E-state index contributed by atoms with van der Waals surface area (Å²) in [6, 6.07) is 4.82. The van der Waals surface area contributed by atoms with Gasteiger partial charge in [0, 0.05) is 24.2 Å². The first kappa shape index (κ1) is 12.8. The summed E-state index contributed by atoms with van der Waals surface area (Å²) in [7, 11) is 0. The monoisotopic (exact) mass is 257 g/mol. The summed E-state index contributed by atoms with van der Waals surface area (Å²) in [6.07, 6.45) is 3.27. The second-order valence-electron chi connectivity index (χ2n) is 3.54. The molecule has 0 spiro atoms. The molecule has 2 heterocycles. The zero-order valence-electron chi connectivity index (χ0n) is 9.96. The summed E-state index contributed by atoms with van der Waals surface area (Å²) in [6.45, 7) is 0.0217. The van der Waals surface area contributed by atoms with E-state index in [0.29, 0.717) is 17.8 Å². The third-order valence-corrected chi connectivity index (χ3v) is 2.14. The number of anilines is 1. The number of rotatable bonds is 3. The van der Waals surface area contributed by atoms with Crippen LogP contribution in [0.15, 0.2) is 35.2 Å². The van der Waals surface area contributed by atoms with Gasteiger partial charge < -0.3 is 14.9 Å². The molecule has 6 heteroatoms. The average Bonchev–Trinajstić information content (AvgIpc) is 2.93. The van der Waals surface area contributed by atoms with Crippen LogP contribution in [0.4, 0.5) is 5.82 Å². The molecular weight excluding hydrogens is 246 g/mol. The topological polar surface area (TPSA) is 88.2 Å². The molecule has 0 aromatic carbocycles. The molecule has 2 N–H and O–H groups in total. The van der Waals surface area contributed by atoms with E-state index >= 15 is 0 Å². The first-order valence-electron chi connectivity index (χ1n) is 5.57. The van der Waals surface area contributed by atoms with Gasteiger partial charge in [0.05, 0.1) is 6.61 Å². The number of hydrogen-bond acceptors (Lipinski definition) is 5. The van der Waals surface area contributed by atoms with Crippen molar-refractivity contribution in [3.05, 3.63) is 41.9 Å². The summed E-state index contributed by atoms with van der Waals surface area (Å²) in [5.41, 5.74) is 0.887.